The van der Waals surface area contributed by atoms with Gasteiger partial charge in [0.1, 0.15) is 6.33 Å². The number of nitrogens with zero attached hydrogens (tertiary/aromatic N) is 4. The van der Waals surface area contributed by atoms with Gasteiger partial charge in [0.05, 0.1) is 5.69 Å². The Morgan fingerprint density at radius 1 is 1.13 bits per heavy atom. The summed E-state index contributed by atoms with van der Waals surface area (Å²) in [7, 11) is 0. The molecule has 1 aromatic heterocycles. The Kier molecular flexibility index (Phi) is 5.17. The number of piperidine rings is 3. The van der Waals surface area contributed by atoms with Crippen LogP contribution in [0.2, 0.25) is 0 Å². The number of hydrogen-bond donors (Lipinski definition) is 0. The molecule has 6 heteroatoms. The highest BCUT2D eigenvalue weighted by Gasteiger charge is 2.49. The molecule has 2 bridgehead atoms. The molecule has 30 heavy (non-hydrogen) atoms. The van der Waals surface area contributed by atoms with Crippen LogP contribution in [0.5, 0.6) is 0 Å². The van der Waals surface area contributed by atoms with Crippen LogP contribution in [0.3, 0.4) is 0 Å². The molecule has 0 saturated carbocycles. The average Bonchev–Trinajstić information content (AvgIpc) is 2.77. The predicted octanol–water partition coefficient (Wildman–Crippen LogP) is 3.63. The molecule has 5 nitrogen and oxygen atoms in total. The number of rotatable bonds is 4. The van der Waals surface area contributed by atoms with Gasteiger partial charge in [-0.25, -0.2) is 14.4 Å². The second kappa shape index (κ2) is 7.97. The van der Waals surface area contributed by atoms with E-state index in [9.17, 15) is 4.79 Å². The molecule has 1 aromatic carbocycles. The molecule has 0 aliphatic carbocycles. The van der Waals surface area contributed by atoms with Crippen LogP contribution in [0.1, 0.15) is 43.9 Å². The highest BCUT2D eigenvalue weighted by Crippen LogP contribution is 2.43. The second-order valence-electron chi connectivity index (χ2n) is 8.99. The van der Waals surface area contributed by atoms with Crippen LogP contribution >= 0.6 is 0 Å². The largest absolute Gasteiger partial charge is 0.353 e. The van der Waals surface area contributed by atoms with Crippen LogP contribution in [-0.4, -0.2) is 45.9 Å². The molecule has 4 heterocycles. The van der Waals surface area contributed by atoms with Crippen LogP contribution in [-0.2, 0) is 17.6 Å². The number of halogens is 1. The van der Waals surface area contributed by atoms with E-state index in [0.29, 0.717) is 42.1 Å². The molecule has 0 unspecified atom stereocenters. The fourth-order valence-corrected chi connectivity index (χ4v) is 5.93. The van der Waals surface area contributed by atoms with E-state index < -0.39 is 0 Å². The van der Waals surface area contributed by atoms with Crippen molar-refractivity contribution in [3.63, 3.8) is 0 Å². The number of hydrogen-bond acceptors (Lipinski definition) is 4. The number of fused-ring (bicyclic) bond motifs is 4. The Hall–Kier alpha value is -2.50. The maximum Gasteiger partial charge on any atom is 0.223 e. The fourth-order valence-electron chi connectivity index (χ4n) is 5.93. The number of amides is 1. The zero-order valence-electron chi connectivity index (χ0n) is 17.5. The molecule has 4 atom stereocenters. The van der Waals surface area contributed by atoms with Gasteiger partial charge in [-0.15, -0.1) is 0 Å². The van der Waals surface area contributed by atoms with Crippen molar-refractivity contribution in [2.45, 2.75) is 57.5 Å². The summed E-state index contributed by atoms with van der Waals surface area (Å²) in [4.78, 5) is 25.8. The number of carbonyl (C=O) groups excluding carboxylic acids is 1. The SMILES string of the molecule is CCc1ncnc(N2C[C@H]3C[C@@H](C2)[C@H](Cc2ccccc2)N2C(=O)CCC[C@@H]32)c1F. The zero-order chi connectivity index (χ0) is 20.7. The first kappa shape index (κ1) is 19.5. The molecule has 0 N–H and O–H groups in total. The van der Waals surface area contributed by atoms with Crippen LogP contribution in [0.25, 0.3) is 0 Å². The van der Waals surface area contributed by atoms with Gasteiger partial charge in [-0.1, -0.05) is 37.3 Å². The van der Waals surface area contributed by atoms with Crippen LogP contribution < -0.4 is 4.90 Å². The molecule has 158 valence electrons. The number of anilines is 1. The van der Waals surface area contributed by atoms with Crippen LogP contribution in [0.4, 0.5) is 10.2 Å². The van der Waals surface area contributed by atoms with Gasteiger partial charge in [0.2, 0.25) is 5.91 Å². The van der Waals surface area contributed by atoms with Crippen molar-refractivity contribution in [1.29, 1.82) is 0 Å². The maximum atomic E-state index is 15.0. The topological polar surface area (TPSA) is 49.3 Å². The van der Waals surface area contributed by atoms with Gasteiger partial charge in [-0.3, -0.25) is 4.79 Å². The number of carbonyl (C=O) groups is 1. The summed E-state index contributed by atoms with van der Waals surface area (Å²) in [5.74, 6) is 1.15. The standard InChI is InChI=1S/C24H29FN4O/c1-2-19-23(25)24(27-15-26-19)28-13-17-12-18(14-28)21(11-16-7-4-3-5-8-16)29-20(17)9-6-10-22(29)30/h3-5,7-8,15,17-18,20-21H,2,6,9-14H2,1H3/t17-,18+,20+,21+/m1/s1. The summed E-state index contributed by atoms with van der Waals surface area (Å²) in [6.45, 7) is 3.42. The Balaban J connectivity index is 1.48. The van der Waals surface area contributed by atoms with Crippen LogP contribution in [0, 0.1) is 17.7 Å². The highest BCUT2D eigenvalue weighted by molar-refractivity contribution is 5.78. The minimum Gasteiger partial charge on any atom is -0.353 e. The molecule has 3 saturated heterocycles. The van der Waals surface area contributed by atoms with E-state index >= 15 is 4.39 Å². The van der Waals surface area contributed by atoms with Crippen molar-refractivity contribution in [2.75, 3.05) is 18.0 Å². The van der Waals surface area contributed by atoms with Gasteiger partial charge in [-0.2, -0.15) is 0 Å². The van der Waals surface area contributed by atoms with E-state index in [4.69, 9.17) is 0 Å². The molecule has 3 aliphatic heterocycles. The van der Waals surface area contributed by atoms with E-state index in [-0.39, 0.29) is 17.9 Å². The summed E-state index contributed by atoms with van der Waals surface area (Å²) >= 11 is 0. The van der Waals surface area contributed by atoms with Gasteiger partial charge >= 0.3 is 0 Å². The Labute approximate surface area is 177 Å². The first-order valence-corrected chi connectivity index (χ1v) is 11.2. The molecular weight excluding hydrogens is 379 g/mol. The van der Waals surface area contributed by atoms with Crippen molar-refractivity contribution in [2.24, 2.45) is 11.8 Å². The number of aromatic nitrogens is 2. The monoisotopic (exact) mass is 408 g/mol. The van der Waals surface area contributed by atoms with Crippen molar-refractivity contribution in [3.8, 4) is 0 Å². The van der Waals surface area contributed by atoms with Gasteiger partial charge < -0.3 is 9.80 Å². The van der Waals surface area contributed by atoms with Crippen molar-refractivity contribution in [1.82, 2.24) is 14.9 Å². The fraction of sp³-hybridized carbons (Fsp3) is 0.542. The first-order valence-electron chi connectivity index (χ1n) is 11.2. The summed E-state index contributed by atoms with van der Waals surface area (Å²) in [5.41, 5.74) is 1.74. The lowest BCUT2D eigenvalue weighted by Crippen LogP contribution is -2.65. The smallest absolute Gasteiger partial charge is 0.223 e. The lowest BCUT2D eigenvalue weighted by molar-refractivity contribution is -0.148. The lowest BCUT2D eigenvalue weighted by Gasteiger charge is -2.57. The average molecular weight is 409 g/mol. The minimum atomic E-state index is -0.281. The maximum absolute atomic E-state index is 15.0. The molecular formula is C24H29FN4O. The number of aryl methyl sites for hydroxylation is 1. The molecule has 1 amide bonds. The van der Waals surface area contributed by atoms with Gasteiger partial charge in [0, 0.05) is 31.6 Å². The quantitative estimate of drug-likeness (QED) is 0.775. The third kappa shape index (κ3) is 3.36. The lowest BCUT2D eigenvalue weighted by atomic mass is 9.70. The summed E-state index contributed by atoms with van der Waals surface area (Å²) in [6.07, 6.45) is 6.68. The molecule has 3 fully saturated rings. The minimum absolute atomic E-state index is 0.166. The third-order valence-electron chi connectivity index (χ3n) is 7.26. The van der Waals surface area contributed by atoms with Crippen LogP contribution in [0.15, 0.2) is 36.7 Å². The molecule has 0 radical (unpaired) electrons. The summed E-state index contributed by atoms with van der Waals surface area (Å²) in [6, 6.07) is 10.9. The molecule has 0 spiro atoms. The second-order valence-corrected chi connectivity index (χ2v) is 8.99. The summed E-state index contributed by atoms with van der Waals surface area (Å²) in [5, 5.41) is 0. The Morgan fingerprint density at radius 3 is 2.73 bits per heavy atom. The van der Waals surface area contributed by atoms with E-state index in [1.807, 2.05) is 13.0 Å². The first-order chi connectivity index (χ1) is 14.7. The van der Waals surface area contributed by atoms with Gasteiger partial charge in [-0.05, 0) is 49.5 Å². The Morgan fingerprint density at radius 2 is 1.93 bits per heavy atom. The number of benzene rings is 1. The third-order valence-corrected chi connectivity index (χ3v) is 7.26. The Bertz CT molecular complexity index is 921. The normalized spacial score (nSPS) is 28.4. The van der Waals surface area contributed by atoms with Gasteiger partial charge in [0.15, 0.2) is 11.6 Å². The van der Waals surface area contributed by atoms with E-state index in [2.05, 4.69) is 44.0 Å². The molecule has 2 aromatic rings. The van der Waals surface area contributed by atoms with Crippen molar-refractivity contribution in [3.05, 3.63) is 53.7 Å². The van der Waals surface area contributed by atoms with Gasteiger partial charge in [0.25, 0.3) is 0 Å². The zero-order valence-corrected chi connectivity index (χ0v) is 17.5. The molecule has 3 aliphatic rings. The van der Waals surface area contributed by atoms with E-state index in [0.717, 1.165) is 38.8 Å². The molecule has 5 rings (SSSR count). The van der Waals surface area contributed by atoms with Crippen molar-refractivity contribution >= 4 is 11.7 Å². The highest BCUT2D eigenvalue weighted by atomic mass is 19.1. The van der Waals surface area contributed by atoms with E-state index in [1.165, 1.54) is 11.9 Å². The van der Waals surface area contributed by atoms with Crippen molar-refractivity contribution < 1.29 is 9.18 Å². The summed E-state index contributed by atoms with van der Waals surface area (Å²) < 4.78 is 15.0. The predicted molar refractivity (Wildman–Crippen MR) is 114 cm³/mol. The van der Waals surface area contributed by atoms with E-state index in [1.54, 1.807) is 0 Å².